The van der Waals surface area contributed by atoms with Crippen LogP contribution in [0.25, 0.3) is 11.3 Å². The predicted molar refractivity (Wildman–Crippen MR) is 156 cm³/mol. The van der Waals surface area contributed by atoms with Crippen LogP contribution in [0.1, 0.15) is 67.6 Å². The highest BCUT2D eigenvalue weighted by Crippen LogP contribution is 2.60. The van der Waals surface area contributed by atoms with Crippen molar-refractivity contribution in [1.29, 1.82) is 0 Å². The van der Waals surface area contributed by atoms with E-state index >= 15 is 0 Å². The van der Waals surface area contributed by atoms with Gasteiger partial charge in [0, 0.05) is 41.7 Å². The molecule has 5 rings (SSSR count). The molecule has 0 saturated heterocycles. The molecule has 3 aromatic rings. The summed E-state index contributed by atoms with van der Waals surface area (Å²) in [5.41, 5.74) is 4.89. The third kappa shape index (κ3) is 6.92. The molecule has 1 unspecified atom stereocenters. The fourth-order valence-corrected chi connectivity index (χ4v) is 6.26. The maximum Gasteiger partial charge on any atom is 0.354 e. The van der Waals surface area contributed by atoms with Crippen molar-refractivity contribution in [2.24, 2.45) is 11.3 Å². The Labute approximate surface area is 235 Å². The molecule has 8 heteroatoms. The summed E-state index contributed by atoms with van der Waals surface area (Å²) >= 11 is 1.23. The molecule has 2 fully saturated rings. The molecule has 3 N–H and O–H groups in total. The minimum absolute atomic E-state index is 0.00540. The molecular weight excluding hydrogens is 508 g/mol. The number of aromatic nitrogens is 2. The van der Waals surface area contributed by atoms with Gasteiger partial charge < -0.3 is 19.9 Å². The second kappa shape index (κ2) is 11.6. The SMILES string of the molecule is Cc1cccc(C)c1-c1cc(OCC(CC(C)C)NC2CC3(CC3)C2)cc(NSc2cccc(C(=O)O)n2)n1. The molecule has 7 nitrogen and oxygen atoms in total. The van der Waals surface area contributed by atoms with Gasteiger partial charge in [0.2, 0.25) is 0 Å². The van der Waals surface area contributed by atoms with Gasteiger partial charge >= 0.3 is 5.97 Å². The number of anilines is 1. The third-order valence-electron chi connectivity index (χ3n) is 7.73. The number of carboxylic acid groups (broad SMARTS) is 1. The molecule has 0 bridgehead atoms. The fraction of sp³-hybridized carbons (Fsp3) is 0.452. The quantitative estimate of drug-likeness (QED) is 0.211. The monoisotopic (exact) mass is 546 g/mol. The number of pyridine rings is 2. The zero-order chi connectivity index (χ0) is 27.6. The first kappa shape index (κ1) is 27.5. The van der Waals surface area contributed by atoms with Gasteiger partial charge in [0.05, 0.1) is 5.69 Å². The van der Waals surface area contributed by atoms with Crippen LogP contribution in [-0.2, 0) is 0 Å². The molecule has 2 aliphatic carbocycles. The lowest BCUT2D eigenvalue weighted by molar-refractivity contribution is 0.0689. The first-order valence-corrected chi connectivity index (χ1v) is 14.6. The topological polar surface area (TPSA) is 96.4 Å². The number of ether oxygens (including phenoxy) is 1. The first-order chi connectivity index (χ1) is 18.7. The lowest BCUT2D eigenvalue weighted by Crippen LogP contribution is -2.49. The van der Waals surface area contributed by atoms with Crippen molar-refractivity contribution >= 4 is 23.7 Å². The molecule has 0 aliphatic heterocycles. The van der Waals surface area contributed by atoms with Crippen LogP contribution in [0.15, 0.2) is 53.6 Å². The number of hydrogen-bond acceptors (Lipinski definition) is 7. The molecule has 2 aromatic heterocycles. The maximum atomic E-state index is 11.3. The summed E-state index contributed by atoms with van der Waals surface area (Å²) in [4.78, 5) is 20.4. The average Bonchev–Trinajstić information content (AvgIpc) is 3.67. The van der Waals surface area contributed by atoms with Crippen LogP contribution in [-0.4, -0.2) is 39.7 Å². The highest BCUT2D eigenvalue weighted by atomic mass is 32.2. The summed E-state index contributed by atoms with van der Waals surface area (Å²) in [5, 5.41) is 13.7. The summed E-state index contributed by atoms with van der Waals surface area (Å²) in [6.45, 7) is 9.29. The van der Waals surface area contributed by atoms with Crippen LogP contribution in [0.5, 0.6) is 5.75 Å². The maximum absolute atomic E-state index is 11.3. The van der Waals surface area contributed by atoms with Crippen LogP contribution in [0.4, 0.5) is 5.82 Å². The molecular formula is C31H38N4O3S. The Morgan fingerprint density at radius 3 is 2.49 bits per heavy atom. The van der Waals surface area contributed by atoms with Gasteiger partial charge in [-0.2, -0.15) is 0 Å². The Hall–Kier alpha value is -3.10. The molecule has 1 atom stereocenters. The Morgan fingerprint density at radius 2 is 1.82 bits per heavy atom. The lowest BCUT2D eigenvalue weighted by atomic mass is 9.76. The van der Waals surface area contributed by atoms with E-state index in [1.165, 1.54) is 43.7 Å². The van der Waals surface area contributed by atoms with Crippen LogP contribution < -0.4 is 14.8 Å². The van der Waals surface area contributed by atoms with Gasteiger partial charge in [-0.05, 0) is 80.5 Å². The van der Waals surface area contributed by atoms with Crippen molar-refractivity contribution in [3.05, 3.63) is 65.4 Å². The molecule has 0 amide bonds. The standard InChI is InChI=1S/C31H38N4O3S/c1-19(2)13-22(32-23-16-31(17-23)11-12-31)18-38-24-14-26(29-20(3)7-5-8-21(29)4)33-27(15-24)35-39-28-10-6-9-25(34-28)30(36)37/h5-10,14-15,19,22-23,32H,11-13,16-18H2,1-4H3,(H,33,35)(H,36,37). The van der Waals surface area contributed by atoms with Gasteiger partial charge in [-0.25, -0.2) is 14.8 Å². The van der Waals surface area contributed by atoms with E-state index in [0.717, 1.165) is 34.6 Å². The van der Waals surface area contributed by atoms with E-state index in [1.54, 1.807) is 12.1 Å². The van der Waals surface area contributed by atoms with Crippen molar-refractivity contribution < 1.29 is 14.6 Å². The van der Waals surface area contributed by atoms with Gasteiger partial charge in [0.25, 0.3) is 0 Å². The minimum atomic E-state index is -1.05. The Bertz CT molecular complexity index is 1310. The number of nitrogens with one attached hydrogen (secondary N) is 2. The number of rotatable bonds is 12. The number of aromatic carboxylic acids is 1. The highest BCUT2D eigenvalue weighted by molar-refractivity contribution is 8.00. The summed E-state index contributed by atoms with van der Waals surface area (Å²) in [5.74, 6) is 0.898. The van der Waals surface area contributed by atoms with Crippen molar-refractivity contribution in [3.63, 3.8) is 0 Å². The number of nitrogens with zero attached hydrogens (tertiary/aromatic N) is 2. The molecule has 39 heavy (non-hydrogen) atoms. The van der Waals surface area contributed by atoms with Gasteiger partial charge in [-0.3, -0.25) is 0 Å². The molecule has 2 heterocycles. The van der Waals surface area contributed by atoms with Crippen LogP contribution >= 0.6 is 11.9 Å². The van der Waals surface area contributed by atoms with Crippen LogP contribution in [0.3, 0.4) is 0 Å². The number of aryl methyl sites for hydroxylation is 2. The number of benzene rings is 1. The predicted octanol–water partition coefficient (Wildman–Crippen LogP) is 6.90. The van der Waals surface area contributed by atoms with Crippen molar-refractivity contribution in [1.82, 2.24) is 15.3 Å². The molecule has 0 radical (unpaired) electrons. The van der Waals surface area contributed by atoms with Crippen molar-refractivity contribution in [2.75, 3.05) is 11.3 Å². The van der Waals surface area contributed by atoms with Gasteiger partial charge in [0.15, 0.2) is 0 Å². The number of carboxylic acids is 1. The first-order valence-electron chi connectivity index (χ1n) is 13.8. The molecule has 2 saturated carbocycles. The second-order valence-electron chi connectivity index (χ2n) is 11.6. The average molecular weight is 547 g/mol. The molecule has 1 spiro atoms. The normalized spacial score (nSPS) is 16.6. The fourth-order valence-electron chi connectivity index (χ4n) is 5.65. The summed E-state index contributed by atoms with van der Waals surface area (Å²) < 4.78 is 9.70. The van der Waals surface area contributed by atoms with Gasteiger partial charge in [0.1, 0.15) is 28.9 Å². The summed E-state index contributed by atoms with van der Waals surface area (Å²) in [7, 11) is 0. The Kier molecular flexibility index (Phi) is 8.14. The summed E-state index contributed by atoms with van der Waals surface area (Å²) in [6, 6.07) is 16.0. The van der Waals surface area contributed by atoms with Gasteiger partial charge in [-0.1, -0.05) is 38.1 Å². The van der Waals surface area contributed by atoms with Crippen molar-refractivity contribution in [2.45, 2.75) is 76.9 Å². The van der Waals surface area contributed by atoms with E-state index in [-0.39, 0.29) is 11.7 Å². The lowest BCUT2D eigenvalue weighted by Gasteiger charge is -2.39. The van der Waals surface area contributed by atoms with E-state index < -0.39 is 5.97 Å². The minimum Gasteiger partial charge on any atom is -0.492 e. The largest absolute Gasteiger partial charge is 0.492 e. The smallest absolute Gasteiger partial charge is 0.354 e. The third-order valence-corrected chi connectivity index (χ3v) is 8.48. The highest BCUT2D eigenvalue weighted by Gasteiger charge is 2.52. The van der Waals surface area contributed by atoms with Gasteiger partial charge in [-0.15, -0.1) is 0 Å². The second-order valence-corrected chi connectivity index (χ2v) is 12.4. The molecule has 1 aromatic carbocycles. The van der Waals surface area contributed by atoms with E-state index in [4.69, 9.17) is 9.72 Å². The van der Waals surface area contributed by atoms with Crippen LogP contribution in [0.2, 0.25) is 0 Å². The van der Waals surface area contributed by atoms with E-state index in [9.17, 15) is 9.90 Å². The van der Waals surface area contributed by atoms with Crippen molar-refractivity contribution in [3.8, 4) is 17.0 Å². The molecule has 2 aliphatic rings. The zero-order valence-corrected chi connectivity index (χ0v) is 24.0. The number of hydrogen-bond donors (Lipinski definition) is 3. The van der Waals surface area contributed by atoms with E-state index in [0.29, 0.717) is 34.8 Å². The Morgan fingerprint density at radius 1 is 1.10 bits per heavy atom. The van der Waals surface area contributed by atoms with Crippen LogP contribution in [0, 0.1) is 25.2 Å². The van der Waals surface area contributed by atoms with E-state index in [2.05, 4.69) is 60.9 Å². The summed E-state index contributed by atoms with van der Waals surface area (Å²) in [6.07, 6.45) is 6.47. The Balaban J connectivity index is 1.35. The number of carbonyl (C=O) groups is 1. The zero-order valence-electron chi connectivity index (χ0n) is 23.2. The van der Waals surface area contributed by atoms with E-state index in [1.807, 2.05) is 12.1 Å². The molecule has 206 valence electrons.